The van der Waals surface area contributed by atoms with E-state index in [2.05, 4.69) is 6.92 Å². The lowest BCUT2D eigenvalue weighted by molar-refractivity contribution is -0.146. The van der Waals surface area contributed by atoms with Gasteiger partial charge in [-0.05, 0) is 50.1 Å². The van der Waals surface area contributed by atoms with Gasteiger partial charge in [0.2, 0.25) is 5.43 Å². The van der Waals surface area contributed by atoms with E-state index in [-0.39, 0.29) is 35.6 Å². The van der Waals surface area contributed by atoms with E-state index in [4.69, 9.17) is 18.6 Å². The van der Waals surface area contributed by atoms with Gasteiger partial charge < -0.3 is 18.6 Å². The molecule has 0 aliphatic rings. The summed E-state index contributed by atoms with van der Waals surface area (Å²) in [5.41, 5.74) is 1.21. The van der Waals surface area contributed by atoms with Gasteiger partial charge in [0, 0.05) is 6.61 Å². The highest BCUT2D eigenvalue weighted by Gasteiger charge is 2.21. The predicted molar refractivity (Wildman–Crippen MR) is 148 cm³/mol. The van der Waals surface area contributed by atoms with Gasteiger partial charge in [-0.3, -0.25) is 9.59 Å². The molecule has 0 saturated carbocycles. The monoisotopic (exact) mass is 524 g/mol. The first-order chi connectivity index (χ1) is 18.5. The van der Waals surface area contributed by atoms with Crippen molar-refractivity contribution in [1.82, 2.24) is 0 Å². The first-order valence-corrected chi connectivity index (χ1v) is 13.9. The Hall–Kier alpha value is -3.19. The number of hydrogen-bond donors (Lipinski definition) is 0. The van der Waals surface area contributed by atoms with E-state index >= 15 is 0 Å². The van der Waals surface area contributed by atoms with Crippen LogP contribution < -0.4 is 5.43 Å². The van der Waals surface area contributed by atoms with Gasteiger partial charge in [0.15, 0.2) is 5.58 Å². The number of carbonyl (C=O) groups is 2. The molecule has 0 bridgehead atoms. The molecule has 1 heterocycles. The molecule has 38 heavy (non-hydrogen) atoms. The number of ether oxygens (including phenoxy) is 3. The number of carbonyl (C=O) groups excluding carboxylic acids is 2. The summed E-state index contributed by atoms with van der Waals surface area (Å²) in [5, 5.41) is 0.655. The molecule has 0 aliphatic heterocycles. The Balaban J connectivity index is 1.80. The van der Waals surface area contributed by atoms with E-state index in [1.54, 1.807) is 50.2 Å². The van der Waals surface area contributed by atoms with Crippen LogP contribution in [0, 0.1) is 0 Å². The molecule has 0 fully saturated rings. The third-order valence-electron chi connectivity index (χ3n) is 6.56. The average molecular weight is 525 g/mol. The van der Waals surface area contributed by atoms with Crippen LogP contribution in [0.4, 0.5) is 0 Å². The molecule has 0 amide bonds. The molecule has 7 nitrogen and oxygen atoms in total. The lowest BCUT2D eigenvalue weighted by Gasteiger charge is -2.18. The van der Waals surface area contributed by atoms with Crippen molar-refractivity contribution >= 4 is 33.9 Å². The number of hydrogen-bond acceptors (Lipinski definition) is 7. The Morgan fingerprint density at radius 3 is 2.26 bits per heavy atom. The van der Waals surface area contributed by atoms with Crippen LogP contribution in [-0.4, -0.2) is 31.8 Å². The summed E-state index contributed by atoms with van der Waals surface area (Å²) in [7, 11) is 0. The fourth-order valence-corrected chi connectivity index (χ4v) is 4.57. The molecular weight excluding hydrogens is 484 g/mol. The van der Waals surface area contributed by atoms with Crippen LogP contribution in [-0.2, 0) is 19.0 Å². The van der Waals surface area contributed by atoms with Gasteiger partial charge in [0.1, 0.15) is 11.1 Å². The molecule has 0 N–H and O–H groups in total. The van der Waals surface area contributed by atoms with Crippen molar-refractivity contribution < 1.29 is 28.2 Å². The number of benzene rings is 2. The second-order valence-electron chi connectivity index (χ2n) is 9.43. The van der Waals surface area contributed by atoms with Crippen LogP contribution in [0.3, 0.4) is 0 Å². The van der Waals surface area contributed by atoms with E-state index in [9.17, 15) is 14.4 Å². The Morgan fingerprint density at radius 1 is 0.842 bits per heavy atom. The molecule has 0 spiro atoms. The van der Waals surface area contributed by atoms with Crippen molar-refractivity contribution in [2.45, 2.75) is 84.7 Å². The zero-order valence-corrected chi connectivity index (χ0v) is 22.9. The van der Waals surface area contributed by atoms with Crippen LogP contribution >= 0.6 is 0 Å². The Kier molecular flexibility index (Phi) is 11.8. The molecule has 0 saturated heterocycles. The van der Waals surface area contributed by atoms with Crippen molar-refractivity contribution in [1.29, 1.82) is 0 Å². The van der Waals surface area contributed by atoms with Gasteiger partial charge in [-0.1, -0.05) is 64.0 Å². The minimum absolute atomic E-state index is 0.0578. The van der Waals surface area contributed by atoms with Gasteiger partial charge >= 0.3 is 11.9 Å². The van der Waals surface area contributed by atoms with Crippen molar-refractivity contribution in [2.24, 2.45) is 0 Å². The van der Waals surface area contributed by atoms with Gasteiger partial charge in [-0.25, -0.2) is 4.79 Å². The summed E-state index contributed by atoms with van der Waals surface area (Å²) < 4.78 is 22.4. The highest BCUT2D eigenvalue weighted by Crippen LogP contribution is 2.28. The molecule has 0 radical (unpaired) electrons. The Morgan fingerprint density at radius 2 is 1.55 bits per heavy atom. The molecule has 3 rings (SSSR count). The normalized spacial score (nSPS) is 12.1. The maximum atomic E-state index is 13.4. The van der Waals surface area contributed by atoms with Crippen molar-refractivity contribution in [2.75, 3.05) is 19.8 Å². The second kappa shape index (κ2) is 15.3. The number of esters is 2. The highest BCUT2D eigenvalue weighted by atomic mass is 16.5. The molecule has 1 unspecified atom stereocenters. The zero-order chi connectivity index (χ0) is 27.3. The maximum absolute atomic E-state index is 13.4. The standard InChI is InChI=1S/C31H40O7/c1-4-7-8-9-10-11-12-13-19-37-27(21-28(32)35-5-2)22-17-18-26-25(20-22)29(33)23-15-14-16-24(30(23)38-26)31(34)36-6-3/h14-18,20,27H,4-13,19,21H2,1-3H3. The van der Waals surface area contributed by atoms with E-state index in [1.807, 2.05) is 0 Å². The molecule has 2 aromatic carbocycles. The largest absolute Gasteiger partial charge is 0.466 e. The van der Waals surface area contributed by atoms with Crippen LogP contribution in [0.25, 0.3) is 21.9 Å². The van der Waals surface area contributed by atoms with Crippen LogP contribution in [0.5, 0.6) is 0 Å². The molecule has 0 aliphatic carbocycles. The fraction of sp³-hybridized carbons (Fsp3) is 0.516. The Labute approximate surface area is 224 Å². The molecule has 1 aromatic heterocycles. The Bertz CT molecular complexity index is 1260. The molecule has 206 valence electrons. The summed E-state index contributed by atoms with van der Waals surface area (Å²) in [6.45, 7) is 6.74. The zero-order valence-electron chi connectivity index (χ0n) is 22.9. The first kappa shape index (κ1) is 29.4. The van der Waals surface area contributed by atoms with Crippen molar-refractivity contribution in [3.8, 4) is 0 Å². The summed E-state index contributed by atoms with van der Waals surface area (Å²) >= 11 is 0. The number of rotatable bonds is 16. The maximum Gasteiger partial charge on any atom is 0.341 e. The average Bonchev–Trinajstić information content (AvgIpc) is 2.91. The van der Waals surface area contributed by atoms with Gasteiger partial charge in [0.05, 0.1) is 36.5 Å². The number of fused-ring (bicyclic) bond motifs is 2. The first-order valence-electron chi connectivity index (χ1n) is 13.9. The minimum Gasteiger partial charge on any atom is -0.466 e. The fourth-order valence-electron chi connectivity index (χ4n) is 4.57. The topological polar surface area (TPSA) is 92.0 Å². The smallest absolute Gasteiger partial charge is 0.341 e. The second-order valence-corrected chi connectivity index (χ2v) is 9.43. The minimum atomic E-state index is -0.541. The SMILES string of the molecule is CCCCCCCCCCOC(CC(=O)OCC)c1ccc2oc3c(C(=O)OCC)cccc3c(=O)c2c1. The van der Waals surface area contributed by atoms with Gasteiger partial charge in [0.25, 0.3) is 0 Å². The van der Waals surface area contributed by atoms with E-state index in [0.29, 0.717) is 35.1 Å². The van der Waals surface area contributed by atoms with Crippen molar-refractivity contribution in [3.05, 3.63) is 57.7 Å². The molecule has 1 atom stereocenters. The molecule has 3 aromatic rings. The van der Waals surface area contributed by atoms with E-state index < -0.39 is 12.1 Å². The molecular formula is C31H40O7. The van der Waals surface area contributed by atoms with Crippen LogP contribution in [0.1, 0.15) is 101 Å². The number of para-hydroxylation sites is 1. The predicted octanol–water partition coefficient (Wildman–Crippen LogP) is 7.27. The van der Waals surface area contributed by atoms with Crippen molar-refractivity contribution in [3.63, 3.8) is 0 Å². The number of unbranched alkanes of at least 4 members (excludes halogenated alkanes) is 7. The van der Waals surface area contributed by atoms with Gasteiger partial charge in [-0.2, -0.15) is 0 Å². The summed E-state index contributed by atoms with van der Waals surface area (Å²) in [6, 6.07) is 10.0. The lowest BCUT2D eigenvalue weighted by Crippen LogP contribution is -2.14. The third kappa shape index (κ3) is 7.90. The van der Waals surface area contributed by atoms with Crippen LogP contribution in [0.2, 0.25) is 0 Å². The quantitative estimate of drug-likeness (QED) is 0.110. The molecule has 7 heteroatoms. The lowest BCUT2D eigenvalue weighted by atomic mass is 10.0. The summed E-state index contributed by atoms with van der Waals surface area (Å²) in [4.78, 5) is 38.1. The summed E-state index contributed by atoms with van der Waals surface area (Å²) in [5.74, 6) is -0.890. The van der Waals surface area contributed by atoms with E-state index in [1.165, 1.54) is 38.5 Å². The van der Waals surface area contributed by atoms with Gasteiger partial charge in [-0.15, -0.1) is 0 Å². The third-order valence-corrected chi connectivity index (χ3v) is 6.56. The highest BCUT2D eigenvalue weighted by molar-refractivity contribution is 6.04. The van der Waals surface area contributed by atoms with Crippen LogP contribution in [0.15, 0.2) is 45.6 Å². The van der Waals surface area contributed by atoms with E-state index in [0.717, 1.165) is 12.8 Å². The summed E-state index contributed by atoms with van der Waals surface area (Å²) in [6.07, 6.45) is 9.03.